The van der Waals surface area contributed by atoms with Crippen molar-refractivity contribution in [3.8, 4) is 0 Å². The molecule has 2 aliphatic rings. The molecule has 4 unspecified atom stereocenters. The maximum absolute atomic E-state index is 12.2. The zero-order chi connectivity index (χ0) is 14.0. The van der Waals surface area contributed by atoms with Gasteiger partial charge in [0.05, 0.1) is 5.92 Å². The number of carbonyl (C=O) groups excluding carboxylic acids is 2. The maximum Gasteiger partial charge on any atom is 0.146 e. The Kier molecular flexibility index (Phi) is 4.59. The Morgan fingerprint density at radius 2 is 2.11 bits per heavy atom. The van der Waals surface area contributed by atoms with Gasteiger partial charge in [-0.05, 0) is 64.2 Å². The van der Waals surface area contributed by atoms with E-state index in [-0.39, 0.29) is 23.4 Å². The van der Waals surface area contributed by atoms with Crippen LogP contribution in [0.5, 0.6) is 0 Å². The molecule has 0 bridgehead atoms. The van der Waals surface area contributed by atoms with Crippen LogP contribution in [0.2, 0.25) is 0 Å². The third kappa shape index (κ3) is 3.34. The van der Waals surface area contributed by atoms with Crippen molar-refractivity contribution >= 4 is 11.6 Å². The van der Waals surface area contributed by atoms with Gasteiger partial charge >= 0.3 is 0 Å². The highest BCUT2D eigenvalue weighted by Crippen LogP contribution is 2.37. The first-order valence-corrected chi connectivity index (χ1v) is 7.68. The number of ketones is 2. The Morgan fingerprint density at radius 3 is 2.63 bits per heavy atom. The summed E-state index contributed by atoms with van der Waals surface area (Å²) in [5.41, 5.74) is 1.51. The summed E-state index contributed by atoms with van der Waals surface area (Å²) in [4.78, 5) is 23.6. The highest BCUT2D eigenvalue weighted by molar-refractivity contribution is 6.03. The van der Waals surface area contributed by atoms with Gasteiger partial charge in [-0.15, -0.1) is 0 Å². The Labute approximate surface area is 116 Å². The lowest BCUT2D eigenvalue weighted by Crippen LogP contribution is -2.23. The van der Waals surface area contributed by atoms with Crippen LogP contribution < -0.4 is 0 Å². The standard InChI is InChI=1S/C17H26O2/c1-11-4-6-14(7-5-11)12(2)10-15-8-9-16(13(3)18)17(15)19/h4,12,14-16H,5-10H2,1-3H3. The first-order valence-electron chi connectivity index (χ1n) is 7.68. The molecule has 0 heterocycles. The van der Waals surface area contributed by atoms with Gasteiger partial charge in [-0.25, -0.2) is 0 Å². The van der Waals surface area contributed by atoms with Crippen LogP contribution in [0.15, 0.2) is 11.6 Å². The van der Waals surface area contributed by atoms with Crippen molar-refractivity contribution in [3.05, 3.63) is 11.6 Å². The molecule has 0 saturated heterocycles. The van der Waals surface area contributed by atoms with Gasteiger partial charge in [0.15, 0.2) is 0 Å². The second-order valence-corrected chi connectivity index (χ2v) is 6.64. The number of Topliss-reactive ketones (excluding diaryl/α,β-unsaturated/α-hetero) is 2. The van der Waals surface area contributed by atoms with Crippen molar-refractivity contribution in [2.24, 2.45) is 23.7 Å². The second-order valence-electron chi connectivity index (χ2n) is 6.64. The predicted molar refractivity (Wildman–Crippen MR) is 76.8 cm³/mol. The second kappa shape index (κ2) is 6.02. The van der Waals surface area contributed by atoms with Crippen LogP contribution in [0.3, 0.4) is 0 Å². The Morgan fingerprint density at radius 1 is 1.37 bits per heavy atom. The third-order valence-electron chi connectivity index (χ3n) is 5.18. The summed E-state index contributed by atoms with van der Waals surface area (Å²) in [5.74, 6) is 1.48. The highest BCUT2D eigenvalue weighted by Gasteiger charge is 2.38. The summed E-state index contributed by atoms with van der Waals surface area (Å²) >= 11 is 0. The van der Waals surface area contributed by atoms with Crippen LogP contribution >= 0.6 is 0 Å². The molecule has 1 fully saturated rings. The van der Waals surface area contributed by atoms with E-state index in [9.17, 15) is 9.59 Å². The zero-order valence-electron chi connectivity index (χ0n) is 12.4. The maximum atomic E-state index is 12.2. The molecule has 4 atom stereocenters. The van der Waals surface area contributed by atoms with Crippen molar-refractivity contribution in [2.75, 3.05) is 0 Å². The fourth-order valence-corrected chi connectivity index (χ4v) is 3.72. The van der Waals surface area contributed by atoms with Crippen LogP contribution in [0, 0.1) is 23.7 Å². The normalized spacial score (nSPS) is 33.1. The summed E-state index contributed by atoms with van der Waals surface area (Å²) in [5, 5.41) is 0. The first-order chi connectivity index (χ1) is 8.99. The SMILES string of the molecule is CC(=O)C1CCC(CC(C)C2CC=C(C)CC2)C1=O. The molecule has 2 heteroatoms. The van der Waals surface area contributed by atoms with E-state index in [1.54, 1.807) is 6.92 Å². The topological polar surface area (TPSA) is 34.1 Å². The summed E-state index contributed by atoms with van der Waals surface area (Å²) < 4.78 is 0. The van der Waals surface area contributed by atoms with Gasteiger partial charge in [-0.3, -0.25) is 9.59 Å². The molecular weight excluding hydrogens is 236 g/mol. The van der Waals surface area contributed by atoms with Crippen molar-refractivity contribution < 1.29 is 9.59 Å². The van der Waals surface area contributed by atoms with Gasteiger partial charge in [-0.1, -0.05) is 18.6 Å². The number of allylic oxidation sites excluding steroid dienone is 2. The lowest BCUT2D eigenvalue weighted by atomic mass is 9.77. The number of carbonyl (C=O) groups is 2. The van der Waals surface area contributed by atoms with Crippen molar-refractivity contribution in [1.82, 2.24) is 0 Å². The molecule has 0 N–H and O–H groups in total. The lowest BCUT2D eigenvalue weighted by Gasteiger charge is -2.28. The summed E-state index contributed by atoms with van der Waals surface area (Å²) in [7, 11) is 0. The van der Waals surface area contributed by atoms with Gasteiger partial charge < -0.3 is 0 Å². The smallest absolute Gasteiger partial charge is 0.146 e. The van der Waals surface area contributed by atoms with E-state index in [0.29, 0.717) is 5.92 Å². The van der Waals surface area contributed by atoms with Crippen LogP contribution in [0.4, 0.5) is 0 Å². The van der Waals surface area contributed by atoms with E-state index >= 15 is 0 Å². The molecule has 0 aromatic carbocycles. The molecule has 106 valence electrons. The molecule has 0 amide bonds. The van der Waals surface area contributed by atoms with Crippen LogP contribution in [-0.4, -0.2) is 11.6 Å². The van der Waals surface area contributed by atoms with Gasteiger partial charge in [-0.2, -0.15) is 0 Å². The van der Waals surface area contributed by atoms with E-state index in [2.05, 4.69) is 19.9 Å². The average Bonchev–Trinajstić information content (AvgIpc) is 2.72. The summed E-state index contributed by atoms with van der Waals surface area (Å²) in [6.45, 7) is 6.05. The fourth-order valence-electron chi connectivity index (χ4n) is 3.72. The van der Waals surface area contributed by atoms with E-state index in [1.165, 1.54) is 24.8 Å². The first kappa shape index (κ1) is 14.5. The van der Waals surface area contributed by atoms with Gasteiger partial charge in [0.25, 0.3) is 0 Å². The molecule has 2 nitrogen and oxygen atoms in total. The molecule has 0 aliphatic heterocycles. The number of hydrogen-bond donors (Lipinski definition) is 0. The largest absolute Gasteiger partial charge is 0.299 e. The van der Waals surface area contributed by atoms with Crippen LogP contribution in [-0.2, 0) is 9.59 Å². The number of rotatable bonds is 4. The molecule has 2 aliphatic carbocycles. The zero-order valence-corrected chi connectivity index (χ0v) is 12.4. The predicted octanol–water partition coefficient (Wildman–Crippen LogP) is 3.94. The molecule has 0 aromatic heterocycles. The minimum absolute atomic E-state index is 0.0661. The minimum atomic E-state index is -0.286. The molecular formula is C17H26O2. The summed E-state index contributed by atoms with van der Waals surface area (Å²) in [6, 6.07) is 0. The molecule has 0 spiro atoms. The van der Waals surface area contributed by atoms with E-state index in [1.807, 2.05) is 0 Å². The quantitative estimate of drug-likeness (QED) is 0.568. The monoisotopic (exact) mass is 262 g/mol. The van der Waals surface area contributed by atoms with Gasteiger partial charge in [0, 0.05) is 5.92 Å². The van der Waals surface area contributed by atoms with E-state index in [0.717, 1.165) is 25.2 Å². The van der Waals surface area contributed by atoms with Crippen molar-refractivity contribution in [2.45, 2.75) is 59.3 Å². The van der Waals surface area contributed by atoms with Crippen LogP contribution in [0.1, 0.15) is 59.3 Å². The summed E-state index contributed by atoms with van der Waals surface area (Å²) in [6.07, 6.45) is 8.71. The molecule has 2 rings (SSSR count). The minimum Gasteiger partial charge on any atom is -0.299 e. The molecule has 0 radical (unpaired) electrons. The molecule has 19 heavy (non-hydrogen) atoms. The van der Waals surface area contributed by atoms with Gasteiger partial charge in [0.1, 0.15) is 11.6 Å². The van der Waals surface area contributed by atoms with Crippen molar-refractivity contribution in [3.63, 3.8) is 0 Å². The van der Waals surface area contributed by atoms with E-state index in [4.69, 9.17) is 0 Å². The lowest BCUT2D eigenvalue weighted by molar-refractivity contribution is -0.131. The van der Waals surface area contributed by atoms with Gasteiger partial charge in [0.2, 0.25) is 0 Å². The highest BCUT2D eigenvalue weighted by atomic mass is 16.2. The Bertz CT molecular complexity index is 394. The Balaban J connectivity index is 1.88. The molecule has 1 saturated carbocycles. The average molecular weight is 262 g/mol. The Hall–Kier alpha value is -0.920. The third-order valence-corrected chi connectivity index (χ3v) is 5.18. The molecule has 0 aromatic rings. The fraction of sp³-hybridized carbons (Fsp3) is 0.765. The van der Waals surface area contributed by atoms with Crippen LogP contribution in [0.25, 0.3) is 0 Å². The van der Waals surface area contributed by atoms with Crippen molar-refractivity contribution in [1.29, 1.82) is 0 Å². The number of hydrogen-bond acceptors (Lipinski definition) is 2. The van der Waals surface area contributed by atoms with E-state index < -0.39 is 0 Å².